The van der Waals surface area contributed by atoms with Crippen LogP contribution in [0.2, 0.25) is 0 Å². The average molecular weight is 417 g/mol. The van der Waals surface area contributed by atoms with E-state index in [1.807, 2.05) is 24.4 Å². The Hall–Kier alpha value is -2.72. The molecule has 31 heavy (non-hydrogen) atoms. The predicted molar refractivity (Wildman–Crippen MR) is 125 cm³/mol. The second-order valence-electron chi connectivity index (χ2n) is 8.92. The van der Waals surface area contributed by atoms with Gasteiger partial charge in [-0.3, -0.25) is 9.78 Å². The average Bonchev–Trinajstić information content (AvgIpc) is 2.80. The van der Waals surface area contributed by atoms with Crippen molar-refractivity contribution in [3.8, 4) is 11.1 Å². The molecule has 1 aromatic carbocycles. The Balaban J connectivity index is 1.57. The van der Waals surface area contributed by atoms with E-state index in [0.29, 0.717) is 13.2 Å². The van der Waals surface area contributed by atoms with Crippen molar-refractivity contribution in [2.45, 2.75) is 44.1 Å². The third-order valence-corrected chi connectivity index (χ3v) is 7.06. The van der Waals surface area contributed by atoms with Crippen LogP contribution in [-0.4, -0.2) is 41.1 Å². The molecule has 0 spiro atoms. The van der Waals surface area contributed by atoms with Gasteiger partial charge in [-0.15, -0.1) is 13.2 Å². The first-order valence-corrected chi connectivity index (χ1v) is 11.2. The standard InChI is InChI=1S/C27H32N2O2/c1-3-11-27(12-4-2)13-17-29(27)25(30)26(14-18-31-19-15-26)20-22-7-9-23(10-8-22)24-6-5-16-28-21-24/h3-10,16,21H,1-2,11-15,17-20H2. The maximum Gasteiger partial charge on any atom is 0.229 e. The van der Waals surface area contributed by atoms with Crippen LogP contribution in [0.25, 0.3) is 11.1 Å². The summed E-state index contributed by atoms with van der Waals surface area (Å²) in [4.78, 5) is 20.3. The summed E-state index contributed by atoms with van der Waals surface area (Å²) < 4.78 is 5.66. The largest absolute Gasteiger partial charge is 0.381 e. The monoisotopic (exact) mass is 416 g/mol. The fourth-order valence-electron chi connectivity index (χ4n) is 5.16. The number of aromatic nitrogens is 1. The van der Waals surface area contributed by atoms with Gasteiger partial charge in [-0.2, -0.15) is 0 Å². The summed E-state index contributed by atoms with van der Waals surface area (Å²) >= 11 is 0. The van der Waals surface area contributed by atoms with Crippen LogP contribution >= 0.6 is 0 Å². The van der Waals surface area contributed by atoms with Crippen molar-refractivity contribution in [1.82, 2.24) is 9.88 Å². The molecule has 0 bridgehead atoms. The Morgan fingerprint density at radius 3 is 2.29 bits per heavy atom. The molecule has 0 aliphatic carbocycles. The van der Waals surface area contributed by atoms with Gasteiger partial charge >= 0.3 is 0 Å². The van der Waals surface area contributed by atoms with Crippen LogP contribution < -0.4 is 0 Å². The molecule has 4 rings (SSSR count). The van der Waals surface area contributed by atoms with Gasteiger partial charge in [0.2, 0.25) is 5.91 Å². The highest BCUT2D eigenvalue weighted by molar-refractivity contribution is 5.85. The van der Waals surface area contributed by atoms with E-state index in [1.54, 1.807) is 6.20 Å². The lowest BCUT2D eigenvalue weighted by Gasteiger charge is -2.56. The summed E-state index contributed by atoms with van der Waals surface area (Å²) in [6.07, 6.45) is 12.5. The molecule has 2 saturated heterocycles. The minimum absolute atomic E-state index is 0.143. The lowest BCUT2D eigenvalue weighted by Crippen LogP contribution is -2.65. The van der Waals surface area contributed by atoms with Gasteiger partial charge in [0.1, 0.15) is 0 Å². The van der Waals surface area contributed by atoms with E-state index in [0.717, 1.165) is 56.2 Å². The molecule has 4 heteroatoms. The van der Waals surface area contributed by atoms with E-state index in [4.69, 9.17) is 4.74 Å². The molecule has 0 N–H and O–H groups in total. The van der Waals surface area contributed by atoms with Crippen molar-refractivity contribution in [2.24, 2.45) is 5.41 Å². The van der Waals surface area contributed by atoms with Crippen LogP contribution in [-0.2, 0) is 16.0 Å². The number of nitrogens with zero attached hydrogens (tertiary/aromatic N) is 2. The fraction of sp³-hybridized carbons (Fsp3) is 0.407. The summed E-state index contributed by atoms with van der Waals surface area (Å²) in [6, 6.07) is 12.6. The van der Waals surface area contributed by atoms with E-state index >= 15 is 0 Å². The normalized spacial score (nSPS) is 19.3. The summed E-state index contributed by atoms with van der Waals surface area (Å²) in [5, 5.41) is 0. The molecule has 2 aliphatic rings. The molecule has 2 aliphatic heterocycles. The topological polar surface area (TPSA) is 42.4 Å². The van der Waals surface area contributed by atoms with E-state index in [9.17, 15) is 4.79 Å². The number of ether oxygens (including phenoxy) is 1. The van der Waals surface area contributed by atoms with Crippen LogP contribution in [0.1, 0.15) is 37.7 Å². The predicted octanol–water partition coefficient (Wildman–Crippen LogP) is 5.21. The van der Waals surface area contributed by atoms with E-state index in [2.05, 4.69) is 53.4 Å². The van der Waals surface area contributed by atoms with Crippen LogP contribution in [0.15, 0.2) is 74.1 Å². The number of carbonyl (C=O) groups excluding carboxylic acids is 1. The number of hydrogen-bond acceptors (Lipinski definition) is 3. The molecule has 4 nitrogen and oxygen atoms in total. The number of benzene rings is 1. The van der Waals surface area contributed by atoms with E-state index < -0.39 is 5.41 Å². The molecular formula is C27H32N2O2. The quantitative estimate of drug-likeness (QED) is 0.555. The molecule has 2 fully saturated rings. The Kier molecular flexibility index (Phi) is 6.38. The third-order valence-electron chi connectivity index (χ3n) is 7.06. The molecule has 0 atom stereocenters. The summed E-state index contributed by atoms with van der Waals surface area (Å²) in [5.74, 6) is 0.280. The van der Waals surface area contributed by atoms with E-state index in [-0.39, 0.29) is 11.4 Å². The highest BCUT2D eigenvalue weighted by Crippen LogP contribution is 2.45. The highest BCUT2D eigenvalue weighted by Gasteiger charge is 2.52. The van der Waals surface area contributed by atoms with Gasteiger partial charge < -0.3 is 9.64 Å². The Morgan fingerprint density at radius 1 is 1.03 bits per heavy atom. The molecule has 1 aromatic heterocycles. The second-order valence-corrected chi connectivity index (χ2v) is 8.92. The number of amides is 1. The maximum absolute atomic E-state index is 14.0. The van der Waals surface area contributed by atoms with Crippen LogP contribution in [0.3, 0.4) is 0 Å². The first kappa shape index (κ1) is 21.5. The first-order valence-electron chi connectivity index (χ1n) is 11.2. The number of pyridine rings is 1. The Morgan fingerprint density at radius 2 is 1.74 bits per heavy atom. The zero-order valence-electron chi connectivity index (χ0n) is 18.3. The minimum atomic E-state index is -0.401. The lowest BCUT2D eigenvalue weighted by atomic mass is 9.70. The van der Waals surface area contributed by atoms with Crippen molar-refractivity contribution in [3.05, 3.63) is 79.7 Å². The smallest absolute Gasteiger partial charge is 0.229 e. The zero-order valence-corrected chi connectivity index (χ0v) is 18.3. The molecule has 2 aromatic rings. The lowest BCUT2D eigenvalue weighted by molar-refractivity contribution is -0.164. The molecular weight excluding hydrogens is 384 g/mol. The summed E-state index contributed by atoms with van der Waals surface area (Å²) in [7, 11) is 0. The highest BCUT2D eigenvalue weighted by atomic mass is 16.5. The fourth-order valence-corrected chi connectivity index (χ4v) is 5.16. The zero-order chi connectivity index (χ0) is 21.7. The van der Waals surface area contributed by atoms with Gasteiger partial charge in [0.25, 0.3) is 0 Å². The van der Waals surface area contributed by atoms with Gasteiger partial charge in [0.05, 0.1) is 11.0 Å². The second kappa shape index (κ2) is 9.19. The van der Waals surface area contributed by atoms with Crippen LogP contribution in [0.4, 0.5) is 0 Å². The van der Waals surface area contributed by atoms with Gasteiger partial charge in [-0.05, 0) is 61.3 Å². The van der Waals surface area contributed by atoms with Crippen molar-refractivity contribution in [2.75, 3.05) is 19.8 Å². The van der Waals surface area contributed by atoms with Crippen LogP contribution in [0.5, 0.6) is 0 Å². The van der Waals surface area contributed by atoms with Gasteiger partial charge in [-0.1, -0.05) is 42.5 Å². The number of carbonyl (C=O) groups is 1. The van der Waals surface area contributed by atoms with Crippen molar-refractivity contribution >= 4 is 5.91 Å². The SMILES string of the molecule is C=CCC1(CC=C)CCN1C(=O)C1(Cc2ccc(-c3cccnc3)cc2)CCOCC1. The van der Waals surface area contributed by atoms with Gasteiger partial charge in [0, 0.05) is 32.2 Å². The number of hydrogen-bond donors (Lipinski definition) is 0. The maximum atomic E-state index is 14.0. The molecule has 162 valence electrons. The van der Waals surface area contributed by atoms with Gasteiger partial charge in [0.15, 0.2) is 0 Å². The van der Waals surface area contributed by atoms with Crippen molar-refractivity contribution < 1.29 is 9.53 Å². The van der Waals surface area contributed by atoms with E-state index in [1.165, 1.54) is 5.56 Å². The Bertz CT molecular complexity index is 904. The molecule has 0 saturated carbocycles. The first-order chi connectivity index (χ1) is 15.1. The van der Waals surface area contributed by atoms with Crippen molar-refractivity contribution in [1.29, 1.82) is 0 Å². The molecule has 0 unspecified atom stereocenters. The molecule has 3 heterocycles. The number of rotatable bonds is 8. The Labute approximate surface area is 185 Å². The summed E-state index contributed by atoms with van der Waals surface area (Å²) in [6.45, 7) is 9.98. The minimum Gasteiger partial charge on any atom is -0.381 e. The van der Waals surface area contributed by atoms with Gasteiger partial charge in [-0.25, -0.2) is 0 Å². The summed E-state index contributed by atoms with van der Waals surface area (Å²) in [5.41, 5.74) is 2.90. The van der Waals surface area contributed by atoms with Crippen molar-refractivity contribution in [3.63, 3.8) is 0 Å². The third kappa shape index (κ3) is 4.22. The molecule has 1 amide bonds. The number of likely N-dealkylation sites (tertiary alicyclic amines) is 1. The molecule has 0 radical (unpaired) electrons. The van der Waals surface area contributed by atoms with Crippen LogP contribution in [0, 0.1) is 5.41 Å².